The number of amides is 1. The summed E-state index contributed by atoms with van der Waals surface area (Å²) in [5.41, 5.74) is 0. The molecular formula is C8H11NO2S2. The fourth-order valence-electron chi connectivity index (χ4n) is 1.04. The Morgan fingerprint density at radius 3 is 2.69 bits per heavy atom. The Kier molecular flexibility index (Phi) is 3.87. The van der Waals surface area contributed by atoms with Crippen molar-refractivity contribution in [1.82, 2.24) is 4.90 Å². The molecule has 3 nitrogen and oxygen atoms in total. The van der Waals surface area contributed by atoms with Crippen molar-refractivity contribution < 1.29 is 9.59 Å². The third-order valence-electron chi connectivity index (χ3n) is 1.75. The van der Waals surface area contributed by atoms with E-state index in [-0.39, 0.29) is 18.1 Å². The lowest BCUT2D eigenvalue weighted by Crippen LogP contribution is -2.30. The number of carbonyl (C=O) groups is 2. The van der Waals surface area contributed by atoms with Gasteiger partial charge in [-0.25, -0.2) is 0 Å². The Labute approximate surface area is 86.9 Å². The fourth-order valence-corrected chi connectivity index (χ4v) is 2.28. The Morgan fingerprint density at radius 2 is 2.23 bits per heavy atom. The zero-order valence-corrected chi connectivity index (χ0v) is 9.04. The summed E-state index contributed by atoms with van der Waals surface area (Å²) in [5, 5.41) is 0. The van der Waals surface area contributed by atoms with Gasteiger partial charge in [-0.3, -0.25) is 9.69 Å². The first-order chi connectivity index (χ1) is 6.11. The second-order valence-electron chi connectivity index (χ2n) is 2.86. The van der Waals surface area contributed by atoms with Gasteiger partial charge in [0.05, 0.1) is 0 Å². The molecule has 0 saturated carbocycles. The first-order valence-corrected chi connectivity index (χ1v) is 5.47. The van der Waals surface area contributed by atoms with Crippen molar-refractivity contribution >= 4 is 40.0 Å². The van der Waals surface area contributed by atoms with E-state index < -0.39 is 0 Å². The maximum Gasteiger partial charge on any atom is 0.228 e. The molecule has 0 aromatic heterocycles. The second-order valence-corrected chi connectivity index (χ2v) is 4.59. The first-order valence-electron chi connectivity index (χ1n) is 4.08. The summed E-state index contributed by atoms with van der Waals surface area (Å²) < 4.78 is 0.647. The average molecular weight is 217 g/mol. The monoisotopic (exact) mass is 217 g/mol. The van der Waals surface area contributed by atoms with E-state index in [1.165, 1.54) is 18.7 Å². The van der Waals surface area contributed by atoms with Crippen LogP contribution in [0.2, 0.25) is 0 Å². The van der Waals surface area contributed by atoms with Gasteiger partial charge < -0.3 is 4.79 Å². The summed E-state index contributed by atoms with van der Waals surface area (Å²) in [7, 11) is 0. The molecule has 0 atom stereocenters. The molecule has 0 aromatic carbocycles. The van der Waals surface area contributed by atoms with Gasteiger partial charge in [-0.1, -0.05) is 24.0 Å². The van der Waals surface area contributed by atoms with Gasteiger partial charge in [0.25, 0.3) is 0 Å². The number of thiocarbonyl (C=S) groups is 1. The zero-order chi connectivity index (χ0) is 9.84. The minimum absolute atomic E-state index is 0.0230. The topological polar surface area (TPSA) is 37.4 Å². The van der Waals surface area contributed by atoms with E-state index in [1.54, 1.807) is 4.90 Å². The molecule has 0 aliphatic carbocycles. The highest BCUT2D eigenvalue weighted by molar-refractivity contribution is 8.23. The molecule has 1 amide bonds. The van der Waals surface area contributed by atoms with Gasteiger partial charge >= 0.3 is 0 Å². The van der Waals surface area contributed by atoms with Crippen molar-refractivity contribution in [2.45, 2.75) is 19.8 Å². The number of hydrogen-bond acceptors (Lipinski definition) is 4. The van der Waals surface area contributed by atoms with Crippen molar-refractivity contribution in [2.24, 2.45) is 0 Å². The fraction of sp³-hybridized carbons (Fsp3) is 0.625. The van der Waals surface area contributed by atoms with Crippen LogP contribution in [-0.4, -0.2) is 33.2 Å². The molecular weight excluding hydrogens is 206 g/mol. The maximum atomic E-state index is 11.4. The molecule has 5 heteroatoms. The van der Waals surface area contributed by atoms with E-state index in [9.17, 15) is 9.59 Å². The van der Waals surface area contributed by atoms with Crippen molar-refractivity contribution in [3.8, 4) is 0 Å². The second kappa shape index (κ2) is 4.72. The van der Waals surface area contributed by atoms with Gasteiger partial charge in [0, 0.05) is 25.1 Å². The molecule has 1 rings (SSSR count). The number of ketones is 1. The van der Waals surface area contributed by atoms with Crippen LogP contribution in [0.25, 0.3) is 0 Å². The largest absolute Gasteiger partial charge is 0.300 e. The number of hydrogen-bond donors (Lipinski definition) is 0. The first kappa shape index (κ1) is 10.7. The highest BCUT2D eigenvalue weighted by atomic mass is 32.2. The summed E-state index contributed by atoms with van der Waals surface area (Å²) in [4.78, 5) is 23.7. The van der Waals surface area contributed by atoms with E-state index >= 15 is 0 Å². The third-order valence-corrected chi connectivity index (χ3v) is 3.18. The van der Waals surface area contributed by atoms with Crippen LogP contribution < -0.4 is 0 Å². The summed E-state index contributed by atoms with van der Waals surface area (Å²) in [6.45, 7) is 2.19. The number of nitrogens with zero attached hydrogens (tertiary/aromatic N) is 1. The van der Waals surface area contributed by atoms with Crippen LogP contribution in [0.3, 0.4) is 0 Å². The molecule has 1 aliphatic heterocycles. The minimum atomic E-state index is -0.0230. The van der Waals surface area contributed by atoms with Crippen LogP contribution in [0.15, 0.2) is 0 Å². The SMILES string of the molecule is CC(=O)CCC(=O)N1CCSC1=S. The van der Waals surface area contributed by atoms with E-state index in [4.69, 9.17) is 12.2 Å². The third kappa shape index (κ3) is 3.08. The summed E-state index contributed by atoms with van der Waals surface area (Å²) >= 11 is 6.50. The Hall–Kier alpha value is -0.420. The van der Waals surface area contributed by atoms with Crippen molar-refractivity contribution in [3.05, 3.63) is 0 Å². The molecule has 0 aromatic rings. The standard InChI is InChI=1S/C8H11NO2S2/c1-6(10)2-3-7(11)9-4-5-13-8(9)12/h2-5H2,1H3. The summed E-state index contributed by atoms with van der Waals surface area (Å²) in [5.74, 6) is 0.904. The highest BCUT2D eigenvalue weighted by Crippen LogP contribution is 2.18. The lowest BCUT2D eigenvalue weighted by atomic mass is 10.2. The van der Waals surface area contributed by atoms with E-state index in [0.717, 1.165) is 5.75 Å². The van der Waals surface area contributed by atoms with Crippen LogP contribution in [0.1, 0.15) is 19.8 Å². The van der Waals surface area contributed by atoms with Crippen LogP contribution in [0.5, 0.6) is 0 Å². The van der Waals surface area contributed by atoms with Gasteiger partial charge in [-0.2, -0.15) is 0 Å². The molecule has 13 heavy (non-hydrogen) atoms. The molecule has 1 heterocycles. The zero-order valence-electron chi connectivity index (χ0n) is 7.41. The quantitative estimate of drug-likeness (QED) is 0.666. The van der Waals surface area contributed by atoms with Crippen LogP contribution >= 0.6 is 24.0 Å². The van der Waals surface area contributed by atoms with Crippen LogP contribution in [0, 0.1) is 0 Å². The van der Waals surface area contributed by atoms with E-state index in [2.05, 4.69) is 0 Å². The lowest BCUT2D eigenvalue weighted by Gasteiger charge is -2.13. The van der Waals surface area contributed by atoms with Gasteiger partial charge in [-0.15, -0.1) is 0 Å². The lowest BCUT2D eigenvalue weighted by molar-refractivity contribution is -0.129. The van der Waals surface area contributed by atoms with Crippen LogP contribution in [0.4, 0.5) is 0 Å². The van der Waals surface area contributed by atoms with Gasteiger partial charge in [-0.05, 0) is 6.92 Å². The number of Topliss-reactive ketones (excluding diaryl/α,β-unsaturated/α-hetero) is 1. The summed E-state index contributed by atoms with van der Waals surface area (Å²) in [6, 6.07) is 0. The molecule has 1 saturated heterocycles. The number of carbonyl (C=O) groups excluding carboxylic acids is 2. The van der Waals surface area contributed by atoms with Gasteiger partial charge in [0.2, 0.25) is 5.91 Å². The van der Waals surface area contributed by atoms with Crippen molar-refractivity contribution in [3.63, 3.8) is 0 Å². The van der Waals surface area contributed by atoms with E-state index in [0.29, 0.717) is 17.3 Å². The Balaban J connectivity index is 2.39. The average Bonchev–Trinajstić information content (AvgIpc) is 2.47. The smallest absolute Gasteiger partial charge is 0.228 e. The normalized spacial score (nSPS) is 16.4. The van der Waals surface area contributed by atoms with Gasteiger partial charge in [0.15, 0.2) is 0 Å². The molecule has 0 radical (unpaired) electrons. The molecule has 0 spiro atoms. The molecule has 0 bridgehead atoms. The maximum absolute atomic E-state index is 11.4. The highest BCUT2D eigenvalue weighted by Gasteiger charge is 2.23. The van der Waals surface area contributed by atoms with Crippen molar-refractivity contribution in [2.75, 3.05) is 12.3 Å². The molecule has 1 aliphatic rings. The minimum Gasteiger partial charge on any atom is -0.300 e. The molecule has 1 fully saturated rings. The van der Waals surface area contributed by atoms with Gasteiger partial charge in [0.1, 0.15) is 10.1 Å². The molecule has 0 N–H and O–H groups in total. The predicted octanol–water partition coefficient (Wildman–Crippen LogP) is 1.22. The number of rotatable bonds is 3. The Bertz CT molecular complexity index is 253. The Morgan fingerprint density at radius 1 is 1.54 bits per heavy atom. The summed E-state index contributed by atoms with van der Waals surface area (Å²) in [6.07, 6.45) is 0.610. The van der Waals surface area contributed by atoms with Crippen LogP contribution in [-0.2, 0) is 9.59 Å². The van der Waals surface area contributed by atoms with Crippen molar-refractivity contribution in [1.29, 1.82) is 0 Å². The van der Waals surface area contributed by atoms with E-state index in [1.807, 2.05) is 0 Å². The molecule has 72 valence electrons. The predicted molar refractivity (Wildman–Crippen MR) is 56.7 cm³/mol. The number of thioether (sulfide) groups is 1. The molecule has 0 unspecified atom stereocenters.